The van der Waals surface area contributed by atoms with Crippen molar-refractivity contribution in [2.24, 2.45) is 0 Å². The molecule has 3 aromatic heterocycles. The highest BCUT2D eigenvalue weighted by Gasteiger charge is 2.27. The molecular weight excluding hydrogens is 522 g/mol. The van der Waals surface area contributed by atoms with Gasteiger partial charge >= 0.3 is 12.1 Å². The van der Waals surface area contributed by atoms with E-state index in [0.717, 1.165) is 23.4 Å². The van der Waals surface area contributed by atoms with Crippen LogP contribution in [-0.4, -0.2) is 75.6 Å². The molecule has 1 aliphatic rings. The van der Waals surface area contributed by atoms with Crippen molar-refractivity contribution in [2.45, 2.75) is 58.5 Å². The van der Waals surface area contributed by atoms with E-state index in [1.165, 1.54) is 11.3 Å². The number of thiophene rings is 1. The molecule has 1 saturated heterocycles. The van der Waals surface area contributed by atoms with Gasteiger partial charge in [0, 0.05) is 38.4 Å². The minimum atomic E-state index is -0.794. The summed E-state index contributed by atoms with van der Waals surface area (Å²) in [6, 6.07) is 1.89. The number of aromatic nitrogens is 4. The minimum absolute atomic E-state index is 0.149. The Balaban J connectivity index is 1.68. The summed E-state index contributed by atoms with van der Waals surface area (Å²) in [5.74, 6) is 0.611. The lowest BCUT2D eigenvalue weighted by Gasteiger charge is -2.28. The Kier molecular flexibility index (Phi) is 9.12. The number of anilines is 3. The van der Waals surface area contributed by atoms with Gasteiger partial charge in [-0.1, -0.05) is 12.8 Å². The Hall–Kier alpha value is -3.58. The van der Waals surface area contributed by atoms with Crippen molar-refractivity contribution < 1.29 is 24.2 Å². The molecule has 0 atom stereocenters. The van der Waals surface area contributed by atoms with Crippen LogP contribution >= 0.6 is 11.3 Å². The molecular formula is C26H35N7O5S. The van der Waals surface area contributed by atoms with Crippen molar-refractivity contribution in [1.29, 1.82) is 0 Å². The molecule has 39 heavy (non-hydrogen) atoms. The Labute approximate surface area is 231 Å². The maximum absolute atomic E-state index is 13.3. The molecule has 0 radical (unpaired) electrons. The molecule has 210 valence electrons. The van der Waals surface area contributed by atoms with E-state index in [0.29, 0.717) is 67.6 Å². The molecule has 4 heterocycles. The maximum Gasteiger partial charge on any atom is 0.415 e. The average Bonchev–Trinajstić information content (AvgIpc) is 3.31. The highest BCUT2D eigenvalue weighted by molar-refractivity contribution is 7.23. The topological polar surface area (TPSA) is 157 Å². The number of hydrogen-bond donors (Lipinski definition) is 2. The number of carboxylic acids is 1. The molecule has 12 nitrogen and oxygen atoms in total. The largest absolute Gasteiger partial charge is 0.481 e. The number of fused-ring (bicyclic) bond motifs is 1. The molecule has 0 spiro atoms. The van der Waals surface area contributed by atoms with E-state index in [4.69, 9.17) is 30.3 Å². The zero-order chi connectivity index (χ0) is 28.0. The number of amides is 1. The first-order valence-corrected chi connectivity index (χ1v) is 13.9. The smallest absolute Gasteiger partial charge is 0.415 e. The summed E-state index contributed by atoms with van der Waals surface area (Å²) in [7, 11) is 0. The van der Waals surface area contributed by atoms with Gasteiger partial charge in [-0.2, -0.15) is 0 Å². The van der Waals surface area contributed by atoms with Crippen molar-refractivity contribution in [3.63, 3.8) is 0 Å². The monoisotopic (exact) mass is 557 g/mol. The van der Waals surface area contributed by atoms with Crippen LogP contribution in [0.3, 0.4) is 0 Å². The number of nitrogen functional groups attached to an aromatic ring is 1. The normalized spacial score (nSPS) is 14.0. The summed E-state index contributed by atoms with van der Waals surface area (Å²) in [4.78, 5) is 45.7. The van der Waals surface area contributed by atoms with Gasteiger partial charge in [-0.25, -0.2) is 24.7 Å². The van der Waals surface area contributed by atoms with Gasteiger partial charge in [0.2, 0.25) is 5.95 Å². The van der Waals surface area contributed by atoms with Crippen molar-refractivity contribution >= 4 is 50.4 Å². The van der Waals surface area contributed by atoms with E-state index in [2.05, 4.69) is 14.9 Å². The van der Waals surface area contributed by atoms with Crippen LogP contribution in [0.4, 0.5) is 21.6 Å². The van der Waals surface area contributed by atoms with Crippen LogP contribution in [0.2, 0.25) is 0 Å². The highest BCUT2D eigenvalue weighted by Crippen LogP contribution is 2.39. The zero-order valence-corrected chi connectivity index (χ0v) is 23.4. The predicted octanol–water partition coefficient (Wildman–Crippen LogP) is 4.34. The Bertz CT molecular complexity index is 1290. The number of nitrogens with zero attached hydrogens (tertiary/aromatic N) is 6. The molecule has 0 aliphatic carbocycles. The predicted molar refractivity (Wildman–Crippen MR) is 150 cm³/mol. The molecule has 0 aromatic carbocycles. The fourth-order valence-corrected chi connectivity index (χ4v) is 5.25. The van der Waals surface area contributed by atoms with Crippen molar-refractivity contribution in [3.8, 4) is 11.4 Å². The third-order valence-corrected chi connectivity index (χ3v) is 7.13. The number of carboxylic acid groups (broad SMARTS) is 1. The number of hydrogen-bond acceptors (Lipinski definition) is 11. The van der Waals surface area contributed by atoms with Gasteiger partial charge in [-0.05, 0) is 39.7 Å². The molecule has 3 N–H and O–H groups in total. The van der Waals surface area contributed by atoms with Crippen LogP contribution in [0.5, 0.6) is 0 Å². The molecule has 3 aromatic rings. The summed E-state index contributed by atoms with van der Waals surface area (Å²) in [5.41, 5.74) is 6.35. The lowest BCUT2D eigenvalue weighted by molar-refractivity contribution is -0.137. The van der Waals surface area contributed by atoms with Crippen molar-refractivity contribution in [3.05, 3.63) is 18.5 Å². The van der Waals surface area contributed by atoms with E-state index in [1.807, 2.05) is 26.8 Å². The molecule has 1 amide bonds. The third-order valence-electron chi connectivity index (χ3n) is 5.98. The minimum Gasteiger partial charge on any atom is -0.481 e. The number of unbranched alkanes of at least 4 members (excludes halogenated alkanes) is 3. The van der Waals surface area contributed by atoms with E-state index in [1.54, 1.807) is 17.3 Å². The standard InChI is InChI=1S/C26H35N7O5S/c1-26(2,3)38-25(36)33(9-7-5-4-6-8-20(34)35)19-14-18-21(39-19)23(32-10-12-37-13-11-32)31-22(30-18)17-15-28-24(27)29-16-17/h14-16H,4-13H2,1-3H3,(H,34,35)(H2,27,28,29). The van der Waals surface area contributed by atoms with Crippen LogP contribution in [0.25, 0.3) is 21.6 Å². The summed E-state index contributed by atoms with van der Waals surface area (Å²) < 4.78 is 12.1. The molecule has 4 rings (SSSR count). The molecule has 1 aliphatic heterocycles. The first-order valence-electron chi connectivity index (χ1n) is 13.1. The van der Waals surface area contributed by atoms with E-state index in [-0.39, 0.29) is 12.4 Å². The third kappa shape index (κ3) is 7.73. The zero-order valence-electron chi connectivity index (χ0n) is 22.6. The maximum atomic E-state index is 13.3. The number of morpholine rings is 1. The van der Waals surface area contributed by atoms with Crippen molar-refractivity contribution in [1.82, 2.24) is 19.9 Å². The summed E-state index contributed by atoms with van der Waals surface area (Å²) in [5, 5.41) is 9.58. The summed E-state index contributed by atoms with van der Waals surface area (Å²) >= 11 is 1.45. The second-order valence-corrected chi connectivity index (χ2v) is 11.3. The quantitative estimate of drug-likeness (QED) is 0.342. The summed E-state index contributed by atoms with van der Waals surface area (Å²) in [6.07, 6.45) is 5.81. The van der Waals surface area contributed by atoms with Crippen molar-refractivity contribution in [2.75, 3.05) is 48.4 Å². The molecule has 1 fully saturated rings. The van der Waals surface area contributed by atoms with E-state index < -0.39 is 17.7 Å². The fourth-order valence-electron chi connectivity index (χ4n) is 4.12. The number of nitrogens with two attached hydrogens (primary N) is 1. The van der Waals surface area contributed by atoms with Crippen LogP contribution in [-0.2, 0) is 14.3 Å². The molecule has 0 bridgehead atoms. The first kappa shape index (κ1) is 28.4. The number of carbonyl (C=O) groups excluding carboxylic acids is 1. The number of aliphatic carboxylic acids is 1. The fraction of sp³-hybridized carbons (Fsp3) is 0.538. The molecule has 13 heteroatoms. The molecule has 0 unspecified atom stereocenters. The van der Waals surface area contributed by atoms with E-state index in [9.17, 15) is 9.59 Å². The van der Waals surface area contributed by atoms with Gasteiger partial charge in [0.1, 0.15) is 10.6 Å². The van der Waals surface area contributed by atoms with Gasteiger partial charge in [0.05, 0.1) is 29.0 Å². The Morgan fingerprint density at radius 3 is 2.49 bits per heavy atom. The van der Waals surface area contributed by atoms with Crippen LogP contribution in [0.1, 0.15) is 52.9 Å². The second kappa shape index (κ2) is 12.5. The lowest BCUT2D eigenvalue weighted by Crippen LogP contribution is -2.37. The van der Waals surface area contributed by atoms with Gasteiger partial charge < -0.3 is 25.2 Å². The van der Waals surface area contributed by atoms with Gasteiger partial charge in [-0.3, -0.25) is 9.69 Å². The molecule has 0 saturated carbocycles. The van der Waals surface area contributed by atoms with Gasteiger partial charge in [0.25, 0.3) is 0 Å². The van der Waals surface area contributed by atoms with Gasteiger partial charge in [0.15, 0.2) is 11.6 Å². The highest BCUT2D eigenvalue weighted by atomic mass is 32.1. The van der Waals surface area contributed by atoms with Gasteiger partial charge in [-0.15, -0.1) is 11.3 Å². The summed E-state index contributed by atoms with van der Waals surface area (Å²) in [6.45, 7) is 8.50. The average molecular weight is 558 g/mol. The number of ether oxygens (including phenoxy) is 2. The SMILES string of the molecule is CC(C)(C)OC(=O)N(CCCCCCC(=O)O)c1cc2nc(-c3cnc(N)nc3)nc(N3CCOCC3)c2s1. The first-order chi connectivity index (χ1) is 18.6. The number of carbonyl (C=O) groups is 2. The second-order valence-electron chi connectivity index (χ2n) is 10.3. The van der Waals surface area contributed by atoms with Crippen LogP contribution < -0.4 is 15.5 Å². The van der Waals surface area contributed by atoms with E-state index >= 15 is 0 Å². The lowest BCUT2D eigenvalue weighted by atomic mass is 10.1. The Morgan fingerprint density at radius 1 is 1.13 bits per heavy atom. The van der Waals surface area contributed by atoms with Crippen LogP contribution in [0, 0.1) is 0 Å². The number of rotatable bonds is 10. The van der Waals surface area contributed by atoms with Crippen LogP contribution in [0.15, 0.2) is 18.5 Å². The Morgan fingerprint density at radius 2 is 1.82 bits per heavy atom.